The second-order valence-electron chi connectivity index (χ2n) is 8.09. The molecule has 0 radical (unpaired) electrons. The summed E-state index contributed by atoms with van der Waals surface area (Å²) in [5, 5.41) is 0. The van der Waals surface area contributed by atoms with E-state index in [1.807, 2.05) is 34.6 Å². The predicted octanol–water partition coefficient (Wildman–Crippen LogP) is 2.34. The maximum absolute atomic E-state index is 12.8. The zero-order valence-corrected chi connectivity index (χ0v) is 16.7. The van der Waals surface area contributed by atoms with Gasteiger partial charge in [0.2, 0.25) is 0 Å². The Balaban J connectivity index is 2.08. The van der Waals surface area contributed by atoms with E-state index in [2.05, 4.69) is 9.72 Å². The Hall–Kier alpha value is -2.64. The maximum Gasteiger partial charge on any atom is 0.410 e. The molecule has 0 spiro atoms. The van der Waals surface area contributed by atoms with Gasteiger partial charge in [-0.05, 0) is 46.8 Å². The van der Waals surface area contributed by atoms with Gasteiger partial charge in [0.15, 0.2) is 0 Å². The van der Waals surface area contributed by atoms with Gasteiger partial charge in [0.25, 0.3) is 5.91 Å². The van der Waals surface area contributed by atoms with Crippen molar-refractivity contribution in [2.75, 3.05) is 26.7 Å². The molecule has 0 atom stereocenters. The monoisotopic (exact) mass is 377 g/mol. The van der Waals surface area contributed by atoms with Crippen LogP contribution in [0.3, 0.4) is 0 Å². The molecule has 1 saturated heterocycles. The van der Waals surface area contributed by atoms with Crippen molar-refractivity contribution in [2.24, 2.45) is 0 Å². The normalized spacial score (nSPS) is 16.7. The van der Waals surface area contributed by atoms with Crippen LogP contribution in [0.15, 0.2) is 18.3 Å². The molecule has 0 saturated carbocycles. The van der Waals surface area contributed by atoms with Crippen LogP contribution in [-0.4, -0.2) is 70.6 Å². The summed E-state index contributed by atoms with van der Waals surface area (Å²) < 4.78 is 10.1. The highest BCUT2D eigenvalue weighted by molar-refractivity contribution is 5.94. The number of piperazine rings is 1. The molecule has 0 aliphatic carbocycles. The Morgan fingerprint density at radius 2 is 1.81 bits per heavy atom. The van der Waals surface area contributed by atoms with Crippen LogP contribution in [0, 0.1) is 0 Å². The minimum atomic E-state index is -0.581. The van der Waals surface area contributed by atoms with Crippen molar-refractivity contribution in [1.29, 1.82) is 0 Å². The largest absolute Gasteiger partial charge is 0.465 e. The highest BCUT2D eigenvalue weighted by Gasteiger charge is 2.40. The van der Waals surface area contributed by atoms with Crippen LogP contribution in [0.5, 0.6) is 0 Å². The van der Waals surface area contributed by atoms with Crippen molar-refractivity contribution in [2.45, 2.75) is 45.8 Å². The molecule has 1 fully saturated rings. The van der Waals surface area contributed by atoms with Gasteiger partial charge in [-0.3, -0.25) is 14.7 Å². The molecule has 1 aromatic rings. The number of rotatable bonds is 2. The molecule has 8 heteroatoms. The maximum atomic E-state index is 12.8. The van der Waals surface area contributed by atoms with Gasteiger partial charge in [-0.2, -0.15) is 0 Å². The highest BCUT2D eigenvalue weighted by Crippen LogP contribution is 2.24. The molecule has 1 aromatic heterocycles. The molecule has 0 N–H and O–H groups in total. The minimum Gasteiger partial charge on any atom is -0.465 e. The highest BCUT2D eigenvalue weighted by atomic mass is 16.6. The van der Waals surface area contributed by atoms with Crippen LogP contribution in [0.25, 0.3) is 0 Å². The lowest BCUT2D eigenvalue weighted by molar-refractivity contribution is -0.0203. The third-order valence-electron chi connectivity index (χ3n) is 4.21. The van der Waals surface area contributed by atoms with Crippen LogP contribution in [0.2, 0.25) is 0 Å². The Labute approximate surface area is 159 Å². The first-order valence-corrected chi connectivity index (χ1v) is 8.79. The van der Waals surface area contributed by atoms with Gasteiger partial charge in [-0.25, -0.2) is 9.59 Å². The van der Waals surface area contributed by atoms with E-state index in [1.165, 1.54) is 25.4 Å². The lowest BCUT2D eigenvalue weighted by Crippen LogP contribution is -2.62. The molecule has 0 aromatic carbocycles. The summed E-state index contributed by atoms with van der Waals surface area (Å²) >= 11 is 0. The van der Waals surface area contributed by atoms with Crippen molar-refractivity contribution >= 4 is 18.0 Å². The first kappa shape index (κ1) is 20.7. The van der Waals surface area contributed by atoms with Crippen LogP contribution in [0.1, 0.15) is 55.5 Å². The molecule has 2 heterocycles. The fraction of sp³-hybridized carbons (Fsp3) is 0.579. The summed E-state index contributed by atoms with van der Waals surface area (Å²) in [7, 11) is 1.29. The van der Waals surface area contributed by atoms with Gasteiger partial charge in [0, 0.05) is 25.8 Å². The predicted molar refractivity (Wildman–Crippen MR) is 98.5 cm³/mol. The second-order valence-corrected chi connectivity index (χ2v) is 8.09. The summed E-state index contributed by atoms with van der Waals surface area (Å²) in [5.74, 6) is -0.753. The summed E-state index contributed by atoms with van der Waals surface area (Å²) in [6, 6.07) is 3.01. The number of nitrogens with zero attached hydrogens (tertiary/aromatic N) is 3. The third-order valence-corrected chi connectivity index (χ3v) is 4.21. The van der Waals surface area contributed by atoms with E-state index in [0.29, 0.717) is 19.6 Å². The zero-order chi connectivity index (χ0) is 20.4. The number of pyridine rings is 1. The number of carbonyl (C=O) groups excluding carboxylic acids is 3. The average molecular weight is 377 g/mol. The molecule has 1 aliphatic rings. The molecule has 27 heavy (non-hydrogen) atoms. The van der Waals surface area contributed by atoms with E-state index in [0.717, 1.165) is 0 Å². The quantitative estimate of drug-likeness (QED) is 0.735. The van der Waals surface area contributed by atoms with Crippen molar-refractivity contribution < 1.29 is 23.9 Å². The smallest absolute Gasteiger partial charge is 0.410 e. The number of carbonyl (C=O) groups is 3. The van der Waals surface area contributed by atoms with Gasteiger partial charge in [-0.15, -0.1) is 0 Å². The SMILES string of the molecule is COC(=O)c1ccc(C(=O)N2CCN(C(=O)OC(C)(C)C)C(C)(C)C2)nc1. The molecule has 2 rings (SSSR count). The number of hydrogen-bond donors (Lipinski definition) is 0. The summed E-state index contributed by atoms with van der Waals surface area (Å²) in [6.07, 6.45) is 0.932. The Kier molecular flexibility index (Phi) is 5.77. The van der Waals surface area contributed by atoms with Crippen LogP contribution >= 0.6 is 0 Å². The fourth-order valence-electron chi connectivity index (χ4n) is 2.90. The van der Waals surface area contributed by atoms with Crippen molar-refractivity contribution in [3.8, 4) is 0 Å². The summed E-state index contributed by atoms with van der Waals surface area (Å²) in [4.78, 5) is 44.1. The van der Waals surface area contributed by atoms with E-state index in [9.17, 15) is 14.4 Å². The van der Waals surface area contributed by atoms with Gasteiger partial charge in [0.1, 0.15) is 11.3 Å². The van der Waals surface area contributed by atoms with Crippen LogP contribution < -0.4 is 0 Å². The molecule has 0 bridgehead atoms. The fourth-order valence-corrected chi connectivity index (χ4v) is 2.90. The topological polar surface area (TPSA) is 89.0 Å². The number of hydrogen-bond acceptors (Lipinski definition) is 6. The first-order chi connectivity index (χ1) is 12.4. The standard InChI is InChI=1S/C19H27N3O5/c1-18(2,3)27-17(25)22-10-9-21(12-19(22,4)5)15(23)14-8-7-13(11-20-14)16(24)26-6/h7-8,11H,9-10,12H2,1-6H3. The minimum absolute atomic E-state index is 0.240. The van der Waals surface area contributed by atoms with Crippen LogP contribution in [0.4, 0.5) is 4.79 Å². The number of amides is 2. The van der Waals surface area contributed by atoms with E-state index < -0.39 is 17.1 Å². The average Bonchev–Trinajstić information content (AvgIpc) is 2.58. The molecule has 8 nitrogen and oxygen atoms in total. The van der Waals surface area contributed by atoms with Gasteiger partial charge in [-0.1, -0.05) is 0 Å². The second kappa shape index (κ2) is 7.54. The van der Waals surface area contributed by atoms with E-state index in [-0.39, 0.29) is 23.3 Å². The van der Waals surface area contributed by atoms with Crippen molar-refractivity contribution in [3.05, 3.63) is 29.6 Å². The third kappa shape index (κ3) is 4.96. The first-order valence-electron chi connectivity index (χ1n) is 8.79. The lowest BCUT2D eigenvalue weighted by atomic mass is 9.99. The van der Waals surface area contributed by atoms with Crippen LogP contribution in [-0.2, 0) is 9.47 Å². The van der Waals surface area contributed by atoms with E-state index in [4.69, 9.17) is 4.74 Å². The van der Waals surface area contributed by atoms with Gasteiger partial charge >= 0.3 is 12.1 Å². The Morgan fingerprint density at radius 3 is 2.30 bits per heavy atom. The molecular formula is C19H27N3O5. The Bertz CT molecular complexity index is 722. The zero-order valence-electron chi connectivity index (χ0n) is 16.7. The van der Waals surface area contributed by atoms with Crippen molar-refractivity contribution in [1.82, 2.24) is 14.8 Å². The number of ether oxygens (including phenoxy) is 2. The number of esters is 1. The summed E-state index contributed by atoms with van der Waals surface area (Å²) in [5.41, 5.74) is -0.638. The Morgan fingerprint density at radius 1 is 1.15 bits per heavy atom. The molecule has 2 amide bonds. The molecule has 1 aliphatic heterocycles. The summed E-state index contributed by atoms with van der Waals surface area (Å²) in [6.45, 7) is 10.3. The number of methoxy groups -OCH3 is 1. The van der Waals surface area contributed by atoms with E-state index in [1.54, 1.807) is 9.80 Å². The lowest BCUT2D eigenvalue weighted by Gasteiger charge is -2.46. The van der Waals surface area contributed by atoms with E-state index >= 15 is 0 Å². The number of aromatic nitrogens is 1. The van der Waals surface area contributed by atoms with Gasteiger partial charge in [0.05, 0.1) is 18.2 Å². The van der Waals surface area contributed by atoms with Gasteiger partial charge < -0.3 is 14.4 Å². The van der Waals surface area contributed by atoms with Crippen molar-refractivity contribution in [3.63, 3.8) is 0 Å². The molecule has 148 valence electrons. The molecular weight excluding hydrogens is 350 g/mol. The molecule has 0 unspecified atom stereocenters.